The van der Waals surface area contributed by atoms with Crippen molar-refractivity contribution < 1.29 is 25.4 Å². The van der Waals surface area contributed by atoms with Gasteiger partial charge in [-0.3, -0.25) is 15.2 Å². The summed E-state index contributed by atoms with van der Waals surface area (Å²) < 4.78 is 0. The van der Waals surface area contributed by atoms with E-state index in [4.69, 9.17) is 15.5 Å². The number of benzene rings is 1. The molecule has 1 rings (SSSR count). The number of hydrogen-bond acceptors (Lipinski definition) is 5. The summed E-state index contributed by atoms with van der Waals surface area (Å²) in [4.78, 5) is 10.6. The Labute approximate surface area is 85.5 Å². The number of aliphatic carboxylic acids is 1. The van der Waals surface area contributed by atoms with Crippen molar-refractivity contribution >= 4 is 5.97 Å². The second-order valence-corrected chi connectivity index (χ2v) is 3.01. The zero-order valence-corrected chi connectivity index (χ0v) is 7.74. The standard InChI is InChI=1S/C9H11NO5/c11-8-4-2-1-3-6(8)5-7(9(12)13)10(14)15/h1-4,7,11,14-15H,5H2,(H,12,13). The van der Waals surface area contributed by atoms with Gasteiger partial charge in [0.15, 0.2) is 6.04 Å². The highest BCUT2D eigenvalue weighted by atomic mass is 16.8. The third kappa shape index (κ3) is 2.91. The lowest BCUT2D eigenvalue weighted by atomic mass is 10.1. The van der Waals surface area contributed by atoms with Gasteiger partial charge in [0.05, 0.1) is 0 Å². The summed E-state index contributed by atoms with van der Waals surface area (Å²) in [6.07, 6.45) is -0.199. The normalized spacial score (nSPS) is 12.7. The van der Waals surface area contributed by atoms with Crippen molar-refractivity contribution in [3.63, 3.8) is 0 Å². The van der Waals surface area contributed by atoms with Crippen LogP contribution in [0.1, 0.15) is 5.56 Å². The minimum absolute atomic E-state index is 0.0781. The Bertz CT molecular complexity index is 352. The highest BCUT2D eigenvalue weighted by molar-refractivity contribution is 5.73. The first-order valence-electron chi connectivity index (χ1n) is 4.19. The number of carboxylic acid groups (broad SMARTS) is 1. The Balaban J connectivity index is 2.84. The summed E-state index contributed by atoms with van der Waals surface area (Å²) in [6.45, 7) is 0. The van der Waals surface area contributed by atoms with Crippen LogP contribution in [0.2, 0.25) is 0 Å². The van der Waals surface area contributed by atoms with Crippen molar-refractivity contribution in [3.8, 4) is 5.75 Å². The maximum atomic E-state index is 10.6. The predicted molar refractivity (Wildman–Crippen MR) is 48.6 cm³/mol. The molecule has 0 aromatic heterocycles. The fourth-order valence-corrected chi connectivity index (χ4v) is 1.16. The minimum atomic E-state index is -1.50. The fourth-order valence-electron chi connectivity index (χ4n) is 1.16. The third-order valence-electron chi connectivity index (χ3n) is 1.97. The second-order valence-electron chi connectivity index (χ2n) is 3.01. The van der Waals surface area contributed by atoms with Gasteiger partial charge in [-0.2, -0.15) is 0 Å². The number of carboxylic acids is 1. The number of phenols is 1. The van der Waals surface area contributed by atoms with Crippen LogP contribution in [0.25, 0.3) is 0 Å². The molecule has 0 spiro atoms. The van der Waals surface area contributed by atoms with Crippen LogP contribution in [0.15, 0.2) is 24.3 Å². The molecule has 0 bridgehead atoms. The number of hydrogen-bond donors (Lipinski definition) is 4. The van der Waals surface area contributed by atoms with Crippen LogP contribution in [0.5, 0.6) is 5.75 Å². The molecule has 0 aliphatic rings. The Hall–Kier alpha value is -1.63. The number of nitrogens with zero attached hydrogens (tertiary/aromatic N) is 1. The van der Waals surface area contributed by atoms with Gasteiger partial charge < -0.3 is 10.2 Å². The largest absolute Gasteiger partial charge is 0.508 e. The second kappa shape index (κ2) is 4.74. The van der Waals surface area contributed by atoms with Crippen LogP contribution in [0, 0.1) is 0 Å². The van der Waals surface area contributed by atoms with Gasteiger partial charge in [-0.05, 0) is 11.6 Å². The average Bonchev–Trinajstić information content (AvgIpc) is 2.15. The van der Waals surface area contributed by atoms with Gasteiger partial charge in [0.2, 0.25) is 0 Å². The molecule has 0 aliphatic heterocycles. The summed E-state index contributed by atoms with van der Waals surface area (Å²) in [5, 5.41) is 34.9. The molecule has 0 amide bonds. The van der Waals surface area contributed by atoms with Gasteiger partial charge in [-0.25, -0.2) is 0 Å². The molecular formula is C9H11NO5. The predicted octanol–water partition coefficient (Wildman–Crippen LogP) is 0.468. The monoisotopic (exact) mass is 213 g/mol. The maximum Gasteiger partial charge on any atom is 0.326 e. The summed E-state index contributed by atoms with van der Waals surface area (Å²) in [5.41, 5.74) is 0.331. The quantitative estimate of drug-likeness (QED) is 0.542. The van der Waals surface area contributed by atoms with Crippen LogP contribution < -0.4 is 0 Å². The lowest BCUT2D eigenvalue weighted by Crippen LogP contribution is -2.38. The van der Waals surface area contributed by atoms with E-state index in [-0.39, 0.29) is 17.4 Å². The van der Waals surface area contributed by atoms with E-state index in [1.54, 1.807) is 12.1 Å². The van der Waals surface area contributed by atoms with Crippen molar-refractivity contribution in [2.24, 2.45) is 0 Å². The molecule has 6 nitrogen and oxygen atoms in total. The van der Waals surface area contributed by atoms with Crippen LogP contribution in [0.4, 0.5) is 0 Å². The highest BCUT2D eigenvalue weighted by Crippen LogP contribution is 2.18. The molecule has 1 unspecified atom stereocenters. The Kier molecular flexibility index (Phi) is 3.62. The minimum Gasteiger partial charge on any atom is -0.508 e. The lowest BCUT2D eigenvalue weighted by molar-refractivity contribution is -0.327. The van der Waals surface area contributed by atoms with E-state index in [0.717, 1.165) is 0 Å². The Morgan fingerprint density at radius 1 is 1.33 bits per heavy atom. The van der Waals surface area contributed by atoms with Crippen molar-refractivity contribution in [3.05, 3.63) is 29.8 Å². The van der Waals surface area contributed by atoms with Gasteiger partial charge in [0, 0.05) is 6.42 Å². The first kappa shape index (κ1) is 11.4. The molecule has 15 heavy (non-hydrogen) atoms. The zero-order valence-electron chi connectivity index (χ0n) is 7.74. The van der Waals surface area contributed by atoms with E-state index in [1.165, 1.54) is 12.1 Å². The first-order valence-corrected chi connectivity index (χ1v) is 4.19. The van der Waals surface area contributed by atoms with Crippen molar-refractivity contribution in [1.82, 2.24) is 5.23 Å². The Morgan fingerprint density at radius 2 is 1.93 bits per heavy atom. The molecule has 1 aromatic rings. The van der Waals surface area contributed by atoms with Crippen LogP contribution in [-0.2, 0) is 11.2 Å². The topological polar surface area (TPSA) is 101 Å². The van der Waals surface area contributed by atoms with E-state index >= 15 is 0 Å². The van der Waals surface area contributed by atoms with Crippen LogP contribution in [0.3, 0.4) is 0 Å². The van der Waals surface area contributed by atoms with E-state index in [1.807, 2.05) is 0 Å². The van der Waals surface area contributed by atoms with Gasteiger partial charge in [0.25, 0.3) is 0 Å². The highest BCUT2D eigenvalue weighted by Gasteiger charge is 2.24. The molecule has 0 aliphatic carbocycles. The van der Waals surface area contributed by atoms with Gasteiger partial charge in [0.1, 0.15) is 5.75 Å². The molecule has 1 aromatic carbocycles. The summed E-state index contributed by atoms with van der Waals surface area (Å²) >= 11 is 0. The van der Waals surface area contributed by atoms with E-state index in [2.05, 4.69) is 0 Å². The average molecular weight is 213 g/mol. The molecule has 6 heteroatoms. The van der Waals surface area contributed by atoms with Gasteiger partial charge in [-0.15, -0.1) is 0 Å². The number of aromatic hydroxyl groups is 1. The van der Waals surface area contributed by atoms with E-state index < -0.39 is 12.0 Å². The van der Waals surface area contributed by atoms with Crippen LogP contribution in [-0.4, -0.2) is 37.9 Å². The van der Waals surface area contributed by atoms with Crippen molar-refractivity contribution in [2.75, 3.05) is 0 Å². The summed E-state index contributed by atoms with van der Waals surface area (Å²) in [7, 11) is 0. The molecule has 0 heterocycles. The smallest absolute Gasteiger partial charge is 0.326 e. The number of carbonyl (C=O) groups is 1. The van der Waals surface area contributed by atoms with E-state index in [9.17, 15) is 9.90 Å². The summed E-state index contributed by atoms with van der Waals surface area (Å²) in [5.74, 6) is -1.46. The first-order chi connectivity index (χ1) is 7.02. The SMILES string of the molecule is O=C(O)C(Cc1ccccc1O)N(O)O. The molecule has 4 N–H and O–H groups in total. The number of rotatable bonds is 4. The Morgan fingerprint density at radius 3 is 2.40 bits per heavy atom. The van der Waals surface area contributed by atoms with Crippen molar-refractivity contribution in [1.29, 1.82) is 0 Å². The molecule has 82 valence electrons. The third-order valence-corrected chi connectivity index (χ3v) is 1.97. The maximum absolute atomic E-state index is 10.6. The zero-order chi connectivity index (χ0) is 11.4. The van der Waals surface area contributed by atoms with Crippen molar-refractivity contribution in [2.45, 2.75) is 12.5 Å². The molecular weight excluding hydrogens is 202 g/mol. The molecule has 0 radical (unpaired) electrons. The van der Waals surface area contributed by atoms with Crippen LogP contribution >= 0.6 is 0 Å². The van der Waals surface area contributed by atoms with E-state index in [0.29, 0.717) is 5.56 Å². The number of phenolic OH excluding ortho intramolecular Hbond substituents is 1. The number of para-hydroxylation sites is 1. The fraction of sp³-hybridized carbons (Fsp3) is 0.222. The molecule has 1 atom stereocenters. The van der Waals surface area contributed by atoms with Gasteiger partial charge >= 0.3 is 5.97 Å². The molecule has 0 fully saturated rings. The molecule has 0 saturated heterocycles. The lowest BCUT2D eigenvalue weighted by Gasteiger charge is -2.16. The summed E-state index contributed by atoms with van der Waals surface area (Å²) in [6, 6.07) is 4.61. The molecule has 0 saturated carbocycles. The number of hydroxylamine groups is 2. The van der Waals surface area contributed by atoms with Gasteiger partial charge in [-0.1, -0.05) is 23.4 Å².